The first-order chi connectivity index (χ1) is 13.6. The molecule has 2 amide bonds. The lowest BCUT2D eigenvalue weighted by molar-refractivity contribution is -0.124. The molecule has 0 aliphatic carbocycles. The number of hydrogen-bond acceptors (Lipinski definition) is 4. The molecule has 3 rings (SSSR count). The zero-order valence-corrected chi connectivity index (χ0v) is 17.5. The average Bonchev–Trinajstić information content (AvgIpc) is 3.03. The summed E-state index contributed by atoms with van der Waals surface area (Å²) >= 11 is 0. The Hall–Kier alpha value is -2.74. The van der Waals surface area contributed by atoms with Gasteiger partial charge in [0.15, 0.2) is 5.69 Å². The molecule has 0 fully saturated rings. The Labute approximate surface area is 170 Å². The van der Waals surface area contributed by atoms with Crippen LogP contribution in [-0.4, -0.2) is 52.9 Å². The van der Waals surface area contributed by atoms with E-state index < -0.39 is 17.4 Å². The second-order valence-corrected chi connectivity index (χ2v) is 8.49. The highest BCUT2D eigenvalue weighted by molar-refractivity contribution is 5.97. The van der Waals surface area contributed by atoms with Crippen LogP contribution in [0.25, 0.3) is 11.4 Å². The number of hydrogen-bond donors (Lipinski definition) is 2. The molecule has 29 heavy (non-hydrogen) atoms. The van der Waals surface area contributed by atoms with Gasteiger partial charge < -0.3 is 15.2 Å². The summed E-state index contributed by atoms with van der Waals surface area (Å²) in [5, 5.41) is 5.43. The molecule has 2 N–H and O–H groups in total. The standard InChI is InChI=1S/C21H28FN5O2/c1-21(2,3)17(20(29)23-4)25-19(28)16-15-12-26(5)10-11-27(15)18(24-16)13-8-6-7-9-14(13)22/h6-9,17H,10-12H2,1-5H3,(H,23,29)(H,25,28)/t17-/m1/s1. The monoisotopic (exact) mass is 401 g/mol. The van der Waals surface area contributed by atoms with Crippen LogP contribution in [-0.2, 0) is 17.9 Å². The lowest BCUT2D eigenvalue weighted by Gasteiger charge is -2.30. The minimum atomic E-state index is -0.726. The number of benzene rings is 1. The second-order valence-electron chi connectivity index (χ2n) is 8.49. The molecule has 1 aliphatic heterocycles. The molecule has 0 spiro atoms. The van der Waals surface area contributed by atoms with Crippen molar-refractivity contribution < 1.29 is 14.0 Å². The van der Waals surface area contributed by atoms with E-state index in [-0.39, 0.29) is 17.4 Å². The molecule has 2 heterocycles. The Bertz CT molecular complexity index is 932. The SMILES string of the molecule is CNC(=O)[C@@H](NC(=O)c1nc(-c2ccccc2F)n2c1CN(C)CC2)C(C)(C)C. The summed E-state index contributed by atoms with van der Waals surface area (Å²) in [6.45, 7) is 7.55. The van der Waals surface area contributed by atoms with Crippen molar-refractivity contribution in [2.75, 3.05) is 20.6 Å². The van der Waals surface area contributed by atoms with Gasteiger partial charge in [0.1, 0.15) is 17.7 Å². The Morgan fingerprint density at radius 3 is 2.52 bits per heavy atom. The summed E-state index contributed by atoms with van der Waals surface area (Å²) in [5.41, 5.74) is 0.823. The van der Waals surface area contributed by atoms with Crippen molar-refractivity contribution in [1.29, 1.82) is 0 Å². The summed E-state index contributed by atoms with van der Waals surface area (Å²) in [6.07, 6.45) is 0. The van der Waals surface area contributed by atoms with Crippen LogP contribution in [0, 0.1) is 11.2 Å². The molecule has 0 saturated heterocycles. The van der Waals surface area contributed by atoms with E-state index in [2.05, 4.69) is 20.5 Å². The van der Waals surface area contributed by atoms with E-state index in [9.17, 15) is 14.0 Å². The fraction of sp³-hybridized carbons (Fsp3) is 0.476. The van der Waals surface area contributed by atoms with E-state index in [0.29, 0.717) is 24.5 Å². The summed E-state index contributed by atoms with van der Waals surface area (Å²) in [6, 6.07) is 5.68. The van der Waals surface area contributed by atoms with Crippen molar-refractivity contribution >= 4 is 11.8 Å². The van der Waals surface area contributed by atoms with Crippen molar-refractivity contribution in [2.45, 2.75) is 39.9 Å². The number of rotatable bonds is 4. The van der Waals surface area contributed by atoms with Crippen molar-refractivity contribution in [2.24, 2.45) is 5.41 Å². The van der Waals surface area contributed by atoms with E-state index in [1.165, 1.54) is 13.1 Å². The minimum Gasteiger partial charge on any atom is -0.357 e. The molecule has 0 radical (unpaired) electrons. The Morgan fingerprint density at radius 1 is 1.21 bits per heavy atom. The second kappa shape index (κ2) is 7.94. The van der Waals surface area contributed by atoms with Crippen LogP contribution in [0.2, 0.25) is 0 Å². The van der Waals surface area contributed by atoms with Gasteiger partial charge in [-0.05, 0) is 24.6 Å². The van der Waals surface area contributed by atoms with Crippen molar-refractivity contribution in [3.63, 3.8) is 0 Å². The van der Waals surface area contributed by atoms with Crippen molar-refractivity contribution in [3.8, 4) is 11.4 Å². The number of nitrogens with zero attached hydrogens (tertiary/aromatic N) is 3. The predicted molar refractivity (Wildman–Crippen MR) is 109 cm³/mol. The van der Waals surface area contributed by atoms with Gasteiger partial charge in [0, 0.05) is 26.7 Å². The van der Waals surface area contributed by atoms with Gasteiger partial charge >= 0.3 is 0 Å². The predicted octanol–water partition coefficient (Wildman–Crippen LogP) is 2.03. The highest BCUT2D eigenvalue weighted by Crippen LogP contribution is 2.28. The van der Waals surface area contributed by atoms with Crippen LogP contribution >= 0.6 is 0 Å². The van der Waals surface area contributed by atoms with Crippen molar-refractivity contribution in [3.05, 3.63) is 41.5 Å². The first-order valence-corrected chi connectivity index (χ1v) is 9.68. The third kappa shape index (κ3) is 4.17. The largest absolute Gasteiger partial charge is 0.357 e. The van der Waals surface area contributed by atoms with Crippen LogP contribution in [0.1, 0.15) is 37.0 Å². The zero-order valence-electron chi connectivity index (χ0n) is 17.5. The quantitative estimate of drug-likeness (QED) is 0.822. The normalized spacial score (nSPS) is 15.5. The lowest BCUT2D eigenvalue weighted by Crippen LogP contribution is -2.53. The van der Waals surface area contributed by atoms with E-state index in [1.807, 2.05) is 32.4 Å². The summed E-state index contributed by atoms with van der Waals surface area (Å²) in [7, 11) is 3.50. The Morgan fingerprint density at radius 2 is 1.90 bits per heavy atom. The van der Waals surface area contributed by atoms with Gasteiger partial charge in [0.25, 0.3) is 5.91 Å². The van der Waals surface area contributed by atoms with Crippen LogP contribution < -0.4 is 10.6 Å². The van der Waals surface area contributed by atoms with Gasteiger partial charge in [0.2, 0.25) is 5.91 Å². The average molecular weight is 401 g/mol. The van der Waals surface area contributed by atoms with Gasteiger partial charge in [-0.25, -0.2) is 9.37 Å². The van der Waals surface area contributed by atoms with Crippen LogP contribution in [0.5, 0.6) is 0 Å². The minimum absolute atomic E-state index is 0.230. The fourth-order valence-electron chi connectivity index (χ4n) is 3.54. The fourth-order valence-corrected chi connectivity index (χ4v) is 3.54. The van der Waals surface area contributed by atoms with Gasteiger partial charge in [-0.3, -0.25) is 14.5 Å². The Balaban J connectivity index is 2.04. The van der Waals surface area contributed by atoms with Gasteiger partial charge in [0.05, 0.1) is 11.3 Å². The zero-order chi connectivity index (χ0) is 21.3. The lowest BCUT2D eigenvalue weighted by atomic mass is 9.86. The highest BCUT2D eigenvalue weighted by atomic mass is 19.1. The maximum absolute atomic E-state index is 14.4. The maximum Gasteiger partial charge on any atom is 0.272 e. The molecule has 2 aromatic rings. The summed E-state index contributed by atoms with van der Waals surface area (Å²) in [5.74, 6) is -0.659. The summed E-state index contributed by atoms with van der Waals surface area (Å²) < 4.78 is 16.3. The van der Waals surface area contributed by atoms with Gasteiger partial charge in [-0.1, -0.05) is 32.9 Å². The van der Waals surface area contributed by atoms with E-state index in [1.54, 1.807) is 18.2 Å². The molecule has 1 aromatic heterocycles. The number of fused-ring (bicyclic) bond motifs is 1. The number of likely N-dealkylation sites (N-methyl/N-ethyl adjacent to an activating group) is 2. The number of carbonyl (C=O) groups excluding carboxylic acids is 2. The third-order valence-corrected chi connectivity index (χ3v) is 5.18. The first kappa shape index (κ1) is 21.0. The number of nitrogens with one attached hydrogen (secondary N) is 2. The molecule has 1 aromatic carbocycles. The molecule has 0 saturated carbocycles. The smallest absolute Gasteiger partial charge is 0.272 e. The topological polar surface area (TPSA) is 79.3 Å². The number of halogens is 1. The van der Waals surface area contributed by atoms with Crippen LogP contribution in [0.4, 0.5) is 4.39 Å². The molecule has 0 bridgehead atoms. The molecule has 1 aliphatic rings. The molecule has 8 heteroatoms. The first-order valence-electron chi connectivity index (χ1n) is 9.68. The van der Waals surface area contributed by atoms with Crippen LogP contribution in [0.15, 0.2) is 24.3 Å². The maximum atomic E-state index is 14.4. The number of imidazole rings is 1. The molecular formula is C21H28FN5O2. The van der Waals surface area contributed by atoms with E-state index in [0.717, 1.165) is 12.2 Å². The molecule has 0 unspecified atom stereocenters. The molecule has 156 valence electrons. The van der Waals surface area contributed by atoms with Crippen molar-refractivity contribution in [1.82, 2.24) is 25.1 Å². The van der Waals surface area contributed by atoms with Gasteiger partial charge in [-0.15, -0.1) is 0 Å². The summed E-state index contributed by atoms with van der Waals surface area (Å²) in [4.78, 5) is 32.1. The number of amides is 2. The number of carbonyl (C=O) groups is 2. The molecule has 7 nitrogen and oxygen atoms in total. The highest BCUT2D eigenvalue weighted by Gasteiger charge is 2.35. The van der Waals surface area contributed by atoms with Crippen LogP contribution in [0.3, 0.4) is 0 Å². The third-order valence-electron chi connectivity index (χ3n) is 5.18. The Kier molecular flexibility index (Phi) is 5.75. The van der Waals surface area contributed by atoms with E-state index >= 15 is 0 Å². The van der Waals surface area contributed by atoms with Gasteiger partial charge in [-0.2, -0.15) is 0 Å². The molecule has 1 atom stereocenters. The van der Waals surface area contributed by atoms with E-state index in [4.69, 9.17) is 0 Å². The molecular weight excluding hydrogens is 373 g/mol. The number of aromatic nitrogens is 2.